The number of ether oxygens (including phenoxy) is 5. The summed E-state index contributed by atoms with van der Waals surface area (Å²) in [5.41, 5.74) is 3.59. The van der Waals surface area contributed by atoms with Crippen molar-refractivity contribution >= 4 is 28.9 Å². The first-order valence-corrected chi connectivity index (χ1v) is 14.3. The Balaban J connectivity index is 1.50. The van der Waals surface area contributed by atoms with Crippen molar-refractivity contribution in [2.75, 3.05) is 27.9 Å². The van der Waals surface area contributed by atoms with E-state index >= 15 is 0 Å². The first-order valence-electron chi connectivity index (χ1n) is 13.5. The maximum Gasteiger partial charge on any atom is 0.214 e. The first-order chi connectivity index (χ1) is 19.5. The van der Waals surface area contributed by atoms with E-state index in [0.717, 1.165) is 35.2 Å². The van der Waals surface area contributed by atoms with E-state index in [1.54, 1.807) is 27.4 Å². The number of rotatable bonds is 11. The van der Waals surface area contributed by atoms with Crippen molar-refractivity contribution in [2.45, 2.75) is 51.3 Å². The van der Waals surface area contributed by atoms with E-state index in [4.69, 9.17) is 52.0 Å². The van der Waals surface area contributed by atoms with Gasteiger partial charge in [0, 0.05) is 28.1 Å². The third-order valence-electron chi connectivity index (χ3n) is 7.25. The van der Waals surface area contributed by atoms with Gasteiger partial charge in [-0.3, -0.25) is 0 Å². The number of methoxy groups -OCH3 is 3. The molecule has 5 rings (SSSR count). The Morgan fingerprint density at radius 3 is 2.38 bits per heavy atom. The van der Waals surface area contributed by atoms with Crippen molar-refractivity contribution in [3.05, 3.63) is 75.3 Å². The number of nitrogens with zero attached hydrogens (tertiary/aromatic N) is 2. The van der Waals surface area contributed by atoms with E-state index in [9.17, 15) is 0 Å². The molecular formula is C31H34Cl2N2O5. The van der Waals surface area contributed by atoms with Crippen LogP contribution in [0, 0.1) is 0 Å². The van der Waals surface area contributed by atoms with Gasteiger partial charge >= 0.3 is 0 Å². The average Bonchev–Trinajstić information content (AvgIpc) is 3.42. The van der Waals surface area contributed by atoms with Gasteiger partial charge in [-0.2, -0.15) is 5.10 Å². The first kappa shape index (κ1) is 28.2. The Morgan fingerprint density at radius 2 is 1.62 bits per heavy atom. The topological polar surface area (TPSA) is 61.8 Å². The summed E-state index contributed by atoms with van der Waals surface area (Å²) in [4.78, 5) is 0. The van der Waals surface area contributed by atoms with Gasteiger partial charge in [0.05, 0.1) is 44.7 Å². The molecule has 2 aliphatic heterocycles. The Kier molecular flexibility index (Phi) is 8.81. The molecule has 2 atom stereocenters. The van der Waals surface area contributed by atoms with Gasteiger partial charge in [-0.25, -0.2) is 5.01 Å². The van der Waals surface area contributed by atoms with Gasteiger partial charge in [-0.15, -0.1) is 0 Å². The molecule has 0 bridgehead atoms. The van der Waals surface area contributed by atoms with Gasteiger partial charge in [-0.05, 0) is 55.0 Å². The predicted molar refractivity (Wildman–Crippen MR) is 158 cm³/mol. The highest BCUT2D eigenvalue weighted by Crippen LogP contribution is 2.51. The molecule has 0 radical (unpaired) electrons. The third-order valence-corrected chi connectivity index (χ3v) is 7.75. The van der Waals surface area contributed by atoms with E-state index < -0.39 is 6.23 Å². The van der Waals surface area contributed by atoms with Crippen molar-refractivity contribution in [1.29, 1.82) is 0 Å². The molecule has 2 heterocycles. The molecule has 0 amide bonds. The van der Waals surface area contributed by atoms with Crippen molar-refractivity contribution < 1.29 is 23.7 Å². The highest BCUT2D eigenvalue weighted by atomic mass is 35.5. The largest absolute Gasteiger partial charge is 0.493 e. The highest BCUT2D eigenvalue weighted by molar-refractivity contribution is 6.35. The lowest BCUT2D eigenvalue weighted by Crippen LogP contribution is -2.33. The van der Waals surface area contributed by atoms with Gasteiger partial charge in [0.25, 0.3) is 0 Å². The number of fused-ring (bicyclic) bond motifs is 3. The summed E-state index contributed by atoms with van der Waals surface area (Å²) in [5.74, 6) is 3.26. The van der Waals surface area contributed by atoms with Crippen LogP contribution in [0.5, 0.6) is 28.7 Å². The maximum absolute atomic E-state index is 6.65. The number of halogens is 2. The van der Waals surface area contributed by atoms with Gasteiger partial charge in [0.15, 0.2) is 23.0 Å². The number of hydrogen-bond acceptors (Lipinski definition) is 7. The summed E-state index contributed by atoms with van der Waals surface area (Å²) in [7, 11) is 4.89. The average molecular weight is 586 g/mol. The van der Waals surface area contributed by atoms with E-state index in [0.29, 0.717) is 51.8 Å². The Bertz CT molecular complexity index is 1400. The lowest BCUT2D eigenvalue weighted by Gasteiger charge is -2.38. The van der Waals surface area contributed by atoms with E-state index in [-0.39, 0.29) is 6.04 Å². The molecule has 9 heteroatoms. The summed E-state index contributed by atoms with van der Waals surface area (Å²) in [6.07, 6.45) is 4.64. The molecule has 0 saturated carbocycles. The van der Waals surface area contributed by atoms with Crippen LogP contribution in [0.2, 0.25) is 10.0 Å². The summed E-state index contributed by atoms with van der Waals surface area (Å²) in [6, 6.07) is 15.1. The standard InChI is InChI=1S/C31H34Cl2N2O5/c1-5-6-7-8-13-39-27-12-10-20(15-29(27)38-4)31-35-25(22-16-21(32)17-23(33)30(22)40-31)18-24(34-35)19-9-11-26(36-2)28(14-19)37-3/h9-12,14-17,25,31H,5-8,13,18H2,1-4H3. The van der Waals surface area contributed by atoms with Crippen LogP contribution in [-0.4, -0.2) is 38.7 Å². The van der Waals surface area contributed by atoms with Crippen LogP contribution in [0.3, 0.4) is 0 Å². The summed E-state index contributed by atoms with van der Waals surface area (Å²) >= 11 is 13.1. The molecule has 2 unspecified atom stereocenters. The summed E-state index contributed by atoms with van der Waals surface area (Å²) in [6.45, 7) is 2.84. The Labute approximate surface area is 245 Å². The molecule has 7 nitrogen and oxygen atoms in total. The quantitative estimate of drug-likeness (QED) is 0.211. The van der Waals surface area contributed by atoms with Crippen molar-refractivity contribution in [3.8, 4) is 28.7 Å². The molecule has 40 heavy (non-hydrogen) atoms. The number of hydrazone groups is 1. The maximum atomic E-state index is 6.65. The fourth-order valence-corrected chi connectivity index (χ4v) is 5.75. The smallest absolute Gasteiger partial charge is 0.214 e. The van der Waals surface area contributed by atoms with E-state index in [1.807, 2.05) is 47.5 Å². The minimum absolute atomic E-state index is 0.131. The van der Waals surface area contributed by atoms with Crippen LogP contribution in [0.1, 0.15) is 68.0 Å². The monoisotopic (exact) mass is 584 g/mol. The van der Waals surface area contributed by atoms with Crippen molar-refractivity contribution in [3.63, 3.8) is 0 Å². The minimum atomic E-state index is -0.540. The highest BCUT2D eigenvalue weighted by Gasteiger charge is 2.42. The van der Waals surface area contributed by atoms with Gasteiger partial charge < -0.3 is 23.7 Å². The molecule has 0 spiro atoms. The molecule has 0 N–H and O–H groups in total. The molecule has 3 aromatic carbocycles. The van der Waals surface area contributed by atoms with Crippen molar-refractivity contribution in [1.82, 2.24) is 5.01 Å². The number of benzene rings is 3. The zero-order chi connectivity index (χ0) is 28.2. The fraction of sp³-hybridized carbons (Fsp3) is 0.387. The zero-order valence-electron chi connectivity index (χ0n) is 23.2. The molecular weight excluding hydrogens is 551 g/mol. The predicted octanol–water partition coefficient (Wildman–Crippen LogP) is 8.22. The normalized spacial score (nSPS) is 17.4. The second-order valence-electron chi connectivity index (χ2n) is 9.81. The zero-order valence-corrected chi connectivity index (χ0v) is 24.7. The van der Waals surface area contributed by atoms with Crippen LogP contribution in [0.25, 0.3) is 0 Å². The lowest BCUT2D eigenvalue weighted by atomic mass is 9.95. The van der Waals surface area contributed by atoms with Crippen LogP contribution in [0.15, 0.2) is 53.6 Å². The number of hydrogen-bond donors (Lipinski definition) is 0. The SMILES string of the molecule is CCCCCCOc1ccc(C2Oc3c(Cl)cc(Cl)cc3C3CC(c4ccc(OC)c(OC)c4)=NN32)cc1OC. The molecule has 0 aromatic heterocycles. The van der Waals surface area contributed by atoms with Gasteiger partial charge in [-0.1, -0.05) is 49.4 Å². The fourth-order valence-electron chi connectivity index (χ4n) is 5.19. The van der Waals surface area contributed by atoms with E-state index in [2.05, 4.69) is 6.92 Å². The molecule has 0 aliphatic carbocycles. The third kappa shape index (κ3) is 5.63. The molecule has 3 aromatic rings. The molecule has 212 valence electrons. The molecule has 0 fully saturated rings. The van der Waals surface area contributed by atoms with Gasteiger partial charge in [0.2, 0.25) is 6.23 Å². The molecule has 0 saturated heterocycles. The Morgan fingerprint density at radius 1 is 0.875 bits per heavy atom. The molecule has 2 aliphatic rings. The van der Waals surface area contributed by atoms with E-state index in [1.165, 1.54) is 12.8 Å². The van der Waals surface area contributed by atoms with Crippen LogP contribution in [0.4, 0.5) is 0 Å². The van der Waals surface area contributed by atoms with Gasteiger partial charge in [0.1, 0.15) is 5.75 Å². The Hall–Kier alpha value is -3.29. The minimum Gasteiger partial charge on any atom is -0.493 e. The second kappa shape index (κ2) is 12.5. The lowest BCUT2D eigenvalue weighted by molar-refractivity contribution is -0.0190. The van der Waals surface area contributed by atoms with Crippen molar-refractivity contribution in [2.24, 2.45) is 5.10 Å². The number of unbranched alkanes of at least 4 members (excludes halogenated alkanes) is 3. The van der Waals surface area contributed by atoms with Crippen LogP contribution < -0.4 is 23.7 Å². The summed E-state index contributed by atoms with van der Waals surface area (Å²) in [5, 5.41) is 8.04. The van der Waals surface area contributed by atoms with Crippen LogP contribution in [-0.2, 0) is 0 Å². The van der Waals surface area contributed by atoms with Crippen LogP contribution >= 0.6 is 23.2 Å². The second-order valence-corrected chi connectivity index (χ2v) is 10.7. The summed E-state index contributed by atoms with van der Waals surface area (Å²) < 4.78 is 29.2.